The Morgan fingerprint density at radius 1 is 1.14 bits per heavy atom. The number of methoxy groups -OCH3 is 2. The smallest absolute Gasteiger partial charge is 0.0767 e. The Morgan fingerprint density at radius 3 is 2.43 bits per heavy atom. The van der Waals surface area contributed by atoms with Gasteiger partial charge in [0.2, 0.25) is 0 Å². The minimum absolute atomic E-state index is 0.742. The Morgan fingerprint density at radius 2 is 1.86 bits per heavy atom. The van der Waals surface area contributed by atoms with Crippen molar-refractivity contribution in [2.75, 3.05) is 40.5 Å². The van der Waals surface area contributed by atoms with Crippen molar-refractivity contribution in [3.8, 4) is 0 Å². The Kier molecular flexibility index (Phi) is 9.15. The van der Waals surface area contributed by atoms with Crippen molar-refractivity contribution < 1.29 is 9.47 Å². The Balaban J connectivity index is 2.78. The molecule has 0 amide bonds. The quantitative estimate of drug-likeness (QED) is 0.568. The van der Waals surface area contributed by atoms with E-state index < -0.39 is 0 Å². The second kappa shape index (κ2) is 10.3. The lowest BCUT2D eigenvalue weighted by atomic mass is 10.2. The lowest BCUT2D eigenvalue weighted by Crippen LogP contribution is -2.30. The second-order valence-corrected chi connectivity index (χ2v) is 5.78. The van der Waals surface area contributed by atoms with Gasteiger partial charge in [-0.25, -0.2) is 0 Å². The van der Waals surface area contributed by atoms with Crippen LogP contribution in [0.1, 0.15) is 31.7 Å². The Hall–Kier alpha value is -0.430. The van der Waals surface area contributed by atoms with Gasteiger partial charge in [0.25, 0.3) is 0 Å². The van der Waals surface area contributed by atoms with Crippen LogP contribution in [0, 0.1) is 0 Å². The normalized spacial score (nSPS) is 11.5. The average Bonchev–Trinajstić information content (AvgIpc) is 2.80. The summed E-state index contributed by atoms with van der Waals surface area (Å²) in [6.45, 7) is 9.50. The SMILES string of the molecule is CCc1nn(CC)c(CN(CCCOC)CCOC)c1Br. The van der Waals surface area contributed by atoms with Gasteiger partial charge in [-0.2, -0.15) is 5.10 Å². The number of aromatic nitrogens is 2. The first kappa shape index (κ1) is 18.6. The highest BCUT2D eigenvalue weighted by Gasteiger charge is 2.16. The predicted octanol–water partition coefficient (Wildman–Crippen LogP) is 2.71. The first-order valence-corrected chi connectivity index (χ1v) is 8.41. The maximum atomic E-state index is 5.22. The van der Waals surface area contributed by atoms with Crippen LogP contribution in [-0.4, -0.2) is 55.2 Å². The zero-order valence-corrected chi connectivity index (χ0v) is 15.3. The second-order valence-electron chi connectivity index (χ2n) is 4.99. The minimum atomic E-state index is 0.742. The van der Waals surface area contributed by atoms with Crippen LogP contribution in [0.2, 0.25) is 0 Å². The molecule has 1 rings (SSSR count). The monoisotopic (exact) mass is 361 g/mol. The first-order valence-electron chi connectivity index (χ1n) is 7.62. The van der Waals surface area contributed by atoms with E-state index in [2.05, 4.69) is 44.5 Å². The molecule has 21 heavy (non-hydrogen) atoms. The lowest BCUT2D eigenvalue weighted by Gasteiger charge is -2.22. The molecule has 5 nitrogen and oxygen atoms in total. The fourth-order valence-corrected chi connectivity index (χ4v) is 2.99. The van der Waals surface area contributed by atoms with Crippen molar-refractivity contribution in [1.29, 1.82) is 0 Å². The third kappa shape index (κ3) is 5.70. The van der Waals surface area contributed by atoms with Crippen LogP contribution in [0.5, 0.6) is 0 Å². The van der Waals surface area contributed by atoms with Gasteiger partial charge in [0.15, 0.2) is 0 Å². The maximum absolute atomic E-state index is 5.22. The van der Waals surface area contributed by atoms with Gasteiger partial charge < -0.3 is 9.47 Å². The van der Waals surface area contributed by atoms with E-state index in [-0.39, 0.29) is 0 Å². The van der Waals surface area contributed by atoms with Crippen molar-refractivity contribution in [3.05, 3.63) is 15.9 Å². The van der Waals surface area contributed by atoms with Crippen molar-refractivity contribution in [3.63, 3.8) is 0 Å². The van der Waals surface area contributed by atoms with E-state index in [1.54, 1.807) is 14.2 Å². The van der Waals surface area contributed by atoms with E-state index >= 15 is 0 Å². The van der Waals surface area contributed by atoms with E-state index in [4.69, 9.17) is 9.47 Å². The largest absolute Gasteiger partial charge is 0.385 e. The van der Waals surface area contributed by atoms with Gasteiger partial charge in [-0.05, 0) is 35.7 Å². The van der Waals surface area contributed by atoms with Crippen LogP contribution in [0.15, 0.2) is 4.47 Å². The van der Waals surface area contributed by atoms with Crippen molar-refractivity contribution in [1.82, 2.24) is 14.7 Å². The summed E-state index contributed by atoms with van der Waals surface area (Å²) >= 11 is 3.72. The molecule has 1 aromatic heterocycles. The summed E-state index contributed by atoms with van der Waals surface area (Å²) in [5.74, 6) is 0. The lowest BCUT2D eigenvalue weighted by molar-refractivity contribution is 0.127. The summed E-state index contributed by atoms with van der Waals surface area (Å²) in [7, 11) is 3.49. The van der Waals surface area contributed by atoms with E-state index in [0.717, 1.165) is 62.4 Å². The molecule has 1 heterocycles. The molecule has 0 N–H and O–H groups in total. The number of aryl methyl sites for hydroxylation is 2. The van der Waals surface area contributed by atoms with Crippen LogP contribution in [0.4, 0.5) is 0 Å². The molecule has 0 aliphatic heterocycles. The zero-order chi connectivity index (χ0) is 15.7. The van der Waals surface area contributed by atoms with E-state index in [1.807, 2.05) is 0 Å². The summed E-state index contributed by atoms with van der Waals surface area (Å²) in [4.78, 5) is 2.40. The van der Waals surface area contributed by atoms with E-state index in [1.165, 1.54) is 5.69 Å². The van der Waals surface area contributed by atoms with E-state index in [0.29, 0.717) is 0 Å². The van der Waals surface area contributed by atoms with Gasteiger partial charge in [-0.1, -0.05) is 6.92 Å². The maximum Gasteiger partial charge on any atom is 0.0767 e. The summed E-state index contributed by atoms with van der Waals surface area (Å²) in [6, 6.07) is 0. The van der Waals surface area contributed by atoms with Crippen LogP contribution >= 0.6 is 15.9 Å². The molecule has 0 aromatic carbocycles. The van der Waals surface area contributed by atoms with Gasteiger partial charge in [-0.3, -0.25) is 9.58 Å². The standard InChI is InChI=1S/C15H28BrN3O2/c1-5-13-15(16)14(19(6-2)17-13)12-18(9-11-21-4)8-7-10-20-3/h5-12H2,1-4H3. The molecule has 0 bridgehead atoms. The van der Waals surface area contributed by atoms with Crippen LogP contribution in [0.25, 0.3) is 0 Å². The average molecular weight is 362 g/mol. The van der Waals surface area contributed by atoms with E-state index in [9.17, 15) is 0 Å². The first-order chi connectivity index (χ1) is 10.2. The highest BCUT2D eigenvalue weighted by Crippen LogP contribution is 2.23. The highest BCUT2D eigenvalue weighted by molar-refractivity contribution is 9.10. The molecule has 0 radical (unpaired) electrons. The number of hydrogen-bond donors (Lipinski definition) is 0. The topological polar surface area (TPSA) is 39.5 Å². The summed E-state index contributed by atoms with van der Waals surface area (Å²) in [6.07, 6.45) is 1.97. The van der Waals surface area contributed by atoms with Gasteiger partial charge in [0.1, 0.15) is 0 Å². The molecule has 1 aromatic rings. The number of nitrogens with zero attached hydrogens (tertiary/aromatic N) is 3. The highest BCUT2D eigenvalue weighted by atomic mass is 79.9. The molecular formula is C15H28BrN3O2. The molecule has 0 unspecified atom stereocenters. The van der Waals surface area contributed by atoms with Gasteiger partial charge in [0, 0.05) is 47.0 Å². The molecule has 0 aliphatic carbocycles. The van der Waals surface area contributed by atoms with Crippen LogP contribution in [-0.2, 0) is 29.0 Å². The molecule has 0 saturated heterocycles. The van der Waals surface area contributed by atoms with Crippen LogP contribution in [0.3, 0.4) is 0 Å². The molecule has 122 valence electrons. The Bertz CT molecular complexity index is 410. The molecule has 0 atom stereocenters. The molecule has 0 spiro atoms. The molecule has 0 fully saturated rings. The summed E-state index contributed by atoms with van der Waals surface area (Å²) in [5, 5.41) is 4.66. The molecule has 0 aliphatic rings. The predicted molar refractivity (Wildman–Crippen MR) is 88.6 cm³/mol. The fourth-order valence-electron chi connectivity index (χ4n) is 2.30. The third-order valence-corrected chi connectivity index (χ3v) is 4.42. The van der Waals surface area contributed by atoms with Gasteiger partial charge >= 0.3 is 0 Å². The van der Waals surface area contributed by atoms with Gasteiger partial charge in [-0.15, -0.1) is 0 Å². The summed E-state index contributed by atoms with van der Waals surface area (Å²) in [5.41, 5.74) is 2.39. The zero-order valence-electron chi connectivity index (χ0n) is 13.7. The minimum Gasteiger partial charge on any atom is -0.385 e. The fraction of sp³-hybridized carbons (Fsp3) is 0.800. The number of hydrogen-bond acceptors (Lipinski definition) is 4. The number of halogens is 1. The molecular weight excluding hydrogens is 334 g/mol. The summed E-state index contributed by atoms with van der Waals surface area (Å²) < 4.78 is 13.6. The number of ether oxygens (including phenoxy) is 2. The van der Waals surface area contributed by atoms with Crippen molar-refractivity contribution >= 4 is 15.9 Å². The Labute approximate surface area is 136 Å². The number of rotatable bonds is 11. The van der Waals surface area contributed by atoms with Gasteiger partial charge in [0.05, 0.1) is 22.5 Å². The third-order valence-electron chi connectivity index (χ3n) is 3.50. The van der Waals surface area contributed by atoms with Crippen molar-refractivity contribution in [2.45, 2.75) is 39.8 Å². The molecule has 6 heteroatoms. The van der Waals surface area contributed by atoms with Crippen LogP contribution < -0.4 is 0 Å². The molecule has 0 saturated carbocycles. The van der Waals surface area contributed by atoms with Crippen molar-refractivity contribution in [2.24, 2.45) is 0 Å².